The first-order valence-electron chi connectivity index (χ1n) is 7.16. The van der Waals surface area contributed by atoms with Crippen molar-refractivity contribution in [2.75, 3.05) is 17.7 Å². The van der Waals surface area contributed by atoms with Crippen LogP contribution in [0, 0.1) is 0 Å². The Balaban J connectivity index is 1.98. The van der Waals surface area contributed by atoms with E-state index in [0.717, 1.165) is 29.0 Å². The summed E-state index contributed by atoms with van der Waals surface area (Å²) < 4.78 is 0. The van der Waals surface area contributed by atoms with Crippen LogP contribution in [0.25, 0.3) is 0 Å². The quantitative estimate of drug-likeness (QED) is 0.648. The Bertz CT molecular complexity index is 679. The van der Waals surface area contributed by atoms with Gasteiger partial charge in [-0.1, -0.05) is 6.92 Å². The van der Waals surface area contributed by atoms with Crippen LogP contribution < -0.4 is 10.6 Å². The fourth-order valence-electron chi connectivity index (χ4n) is 2.61. The Morgan fingerprint density at radius 2 is 2.32 bits per heavy atom. The van der Waals surface area contributed by atoms with E-state index in [2.05, 4.69) is 32.5 Å². The molecule has 1 aliphatic rings. The van der Waals surface area contributed by atoms with Crippen LogP contribution in [0.4, 0.5) is 11.6 Å². The van der Waals surface area contributed by atoms with Gasteiger partial charge in [-0.05, 0) is 30.3 Å². The van der Waals surface area contributed by atoms with Gasteiger partial charge in [0.1, 0.15) is 17.9 Å². The summed E-state index contributed by atoms with van der Waals surface area (Å²) in [6.45, 7) is 2.05. The lowest BCUT2D eigenvalue weighted by Crippen LogP contribution is -2.20. The van der Waals surface area contributed by atoms with Crippen molar-refractivity contribution in [2.24, 2.45) is 0 Å². The minimum atomic E-state index is -0.208. The molecular weight excluding hydrogens is 298 g/mol. The molecular formula is C15H17N5OS. The van der Waals surface area contributed by atoms with Crippen LogP contribution in [0.2, 0.25) is 0 Å². The highest BCUT2D eigenvalue weighted by Gasteiger charge is 2.35. The molecule has 22 heavy (non-hydrogen) atoms. The number of fused-ring (bicyclic) bond motifs is 1. The number of pyridine rings is 1. The predicted molar refractivity (Wildman–Crippen MR) is 86.4 cm³/mol. The fourth-order valence-corrected chi connectivity index (χ4v) is 3.35. The van der Waals surface area contributed by atoms with Gasteiger partial charge in [0.15, 0.2) is 5.16 Å². The molecule has 0 saturated heterocycles. The standard InChI is InChI=1S/C15H17N5OS/c1-3-11-10(8-21)12-13(16-2)19-15(20-14(12)18-11)22-9-5-4-6-17-7-9/h4-8,10-11H,3H2,1-2H3,(H2,16,18,19,20). The highest BCUT2D eigenvalue weighted by atomic mass is 32.2. The number of nitrogens with one attached hydrogen (secondary N) is 2. The number of rotatable bonds is 5. The van der Waals surface area contributed by atoms with E-state index >= 15 is 0 Å². The largest absolute Gasteiger partial charge is 0.373 e. The molecule has 0 radical (unpaired) electrons. The monoisotopic (exact) mass is 315 g/mol. The molecule has 0 aromatic carbocycles. The molecule has 0 fully saturated rings. The zero-order chi connectivity index (χ0) is 15.5. The zero-order valence-corrected chi connectivity index (χ0v) is 13.2. The molecule has 2 unspecified atom stereocenters. The summed E-state index contributed by atoms with van der Waals surface area (Å²) in [5.41, 5.74) is 0.861. The van der Waals surface area contributed by atoms with Crippen LogP contribution in [0.1, 0.15) is 24.8 Å². The Kier molecular flexibility index (Phi) is 4.24. The molecule has 3 heterocycles. The van der Waals surface area contributed by atoms with Crippen molar-refractivity contribution in [3.63, 3.8) is 0 Å². The fraction of sp³-hybridized carbons (Fsp3) is 0.333. The molecule has 2 N–H and O–H groups in total. The van der Waals surface area contributed by atoms with Gasteiger partial charge in [-0.15, -0.1) is 0 Å². The number of carbonyl (C=O) groups excluding carboxylic acids is 1. The van der Waals surface area contributed by atoms with Crippen molar-refractivity contribution >= 4 is 29.7 Å². The lowest BCUT2D eigenvalue weighted by Gasteiger charge is -2.13. The normalized spacial score (nSPS) is 19.4. The lowest BCUT2D eigenvalue weighted by atomic mass is 9.96. The average molecular weight is 315 g/mol. The van der Waals surface area contributed by atoms with Gasteiger partial charge in [-0.2, -0.15) is 0 Å². The maximum Gasteiger partial charge on any atom is 0.196 e. The van der Waals surface area contributed by atoms with Crippen molar-refractivity contribution < 1.29 is 4.79 Å². The topological polar surface area (TPSA) is 79.8 Å². The molecule has 0 spiro atoms. The summed E-state index contributed by atoms with van der Waals surface area (Å²) in [4.78, 5) is 25.6. The number of carbonyl (C=O) groups is 1. The summed E-state index contributed by atoms with van der Waals surface area (Å²) in [6.07, 6.45) is 5.34. The van der Waals surface area contributed by atoms with Gasteiger partial charge in [0.2, 0.25) is 0 Å². The summed E-state index contributed by atoms with van der Waals surface area (Å²) in [5, 5.41) is 7.05. The van der Waals surface area contributed by atoms with E-state index < -0.39 is 0 Å². The van der Waals surface area contributed by atoms with Gasteiger partial charge < -0.3 is 15.4 Å². The number of aromatic nitrogens is 3. The number of hydrogen-bond donors (Lipinski definition) is 2. The SMILES string of the molecule is CCC1Nc2nc(Sc3cccnc3)nc(NC)c2C1C=O. The van der Waals surface area contributed by atoms with Crippen LogP contribution in [0.15, 0.2) is 34.6 Å². The molecule has 2 aromatic rings. The van der Waals surface area contributed by atoms with Crippen LogP contribution in [0.3, 0.4) is 0 Å². The van der Waals surface area contributed by atoms with Crippen molar-refractivity contribution in [1.29, 1.82) is 0 Å². The van der Waals surface area contributed by atoms with Gasteiger partial charge in [0.05, 0.1) is 5.92 Å². The summed E-state index contributed by atoms with van der Waals surface area (Å²) in [7, 11) is 1.81. The van der Waals surface area contributed by atoms with E-state index in [-0.39, 0.29) is 12.0 Å². The van der Waals surface area contributed by atoms with Gasteiger partial charge in [0, 0.05) is 35.9 Å². The molecule has 7 heteroatoms. The third-order valence-electron chi connectivity index (χ3n) is 3.68. The van der Waals surface area contributed by atoms with Crippen LogP contribution in [-0.4, -0.2) is 34.3 Å². The second kappa shape index (κ2) is 6.31. The number of aldehydes is 1. The first kappa shape index (κ1) is 14.8. The minimum absolute atomic E-state index is 0.0764. The first-order chi connectivity index (χ1) is 10.8. The second-order valence-corrected chi connectivity index (χ2v) is 6.02. The molecule has 0 aliphatic carbocycles. The maximum atomic E-state index is 11.4. The first-order valence-corrected chi connectivity index (χ1v) is 7.97. The average Bonchev–Trinajstić information content (AvgIpc) is 2.92. The molecule has 2 aromatic heterocycles. The highest BCUT2D eigenvalue weighted by molar-refractivity contribution is 7.99. The third kappa shape index (κ3) is 2.64. The van der Waals surface area contributed by atoms with E-state index in [1.54, 1.807) is 12.4 Å². The Labute approximate surface area is 133 Å². The van der Waals surface area contributed by atoms with Crippen molar-refractivity contribution in [3.05, 3.63) is 30.1 Å². The smallest absolute Gasteiger partial charge is 0.196 e. The molecule has 6 nitrogen and oxygen atoms in total. The lowest BCUT2D eigenvalue weighted by molar-refractivity contribution is -0.109. The predicted octanol–water partition coefficient (Wildman–Crippen LogP) is 2.55. The van der Waals surface area contributed by atoms with Gasteiger partial charge >= 0.3 is 0 Å². The van der Waals surface area contributed by atoms with E-state index in [0.29, 0.717) is 11.0 Å². The molecule has 114 valence electrons. The second-order valence-electron chi connectivity index (χ2n) is 4.98. The molecule has 0 saturated carbocycles. The van der Waals surface area contributed by atoms with E-state index in [1.165, 1.54) is 11.8 Å². The Morgan fingerprint density at radius 3 is 2.95 bits per heavy atom. The molecule has 3 rings (SSSR count). The van der Waals surface area contributed by atoms with Gasteiger partial charge in [-0.3, -0.25) is 4.98 Å². The summed E-state index contributed by atoms with van der Waals surface area (Å²) >= 11 is 1.45. The van der Waals surface area contributed by atoms with Crippen molar-refractivity contribution in [3.8, 4) is 0 Å². The van der Waals surface area contributed by atoms with Crippen molar-refractivity contribution in [1.82, 2.24) is 15.0 Å². The third-order valence-corrected chi connectivity index (χ3v) is 4.52. The van der Waals surface area contributed by atoms with Crippen LogP contribution in [-0.2, 0) is 4.79 Å². The molecule has 0 bridgehead atoms. The van der Waals surface area contributed by atoms with Gasteiger partial charge in [-0.25, -0.2) is 9.97 Å². The number of anilines is 2. The number of nitrogens with zero attached hydrogens (tertiary/aromatic N) is 3. The maximum absolute atomic E-state index is 11.4. The minimum Gasteiger partial charge on any atom is -0.373 e. The van der Waals surface area contributed by atoms with E-state index in [4.69, 9.17) is 0 Å². The molecule has 2 atom stereocenters. The Morgan fingerprint density at radius 1 is 1.45 bits per heavy atom. The summed E-state index contributed by atoms with van der Waals surface area (Å²) in [6, 6.07) is 3.92. The Hall–Kier alpha value is -2.15. The number of hydrogen-bond acceptors (Lipinski definition) is 7. The van der Waals surface area contributed by atoms with Crippen molar-refractivity contribution in [2.45, 2.75) is 35.4 Å². The van der Waals surface area contributed by atoms with E-state index in [9.17, 15) is 4.79 Å². The summed E-state index contributed by atoms with van der Waals surface area (Å²) in [5.74, 6) is 1.24. The van der Waals surface area contributed by atoms with E-state index in [1.807, 2.05) is 19.2 Å². The van der Waals surface area contributed by atoms with Gasteiger partial charge in [0.25, 0.3) is 0 Å². The highest BCUT2D eigenvalue weighted by Crippen LogP contribution is 2.40. The van der Waals surface area contributed by atoms with Crippen LogP contribution in [0.5, 0.6) is 0 Å². The zero-order valence-electron chi connectivity index (χ0n) is 12.4. The van der Waals surface area contributed by atoms with Crippen LogP contribution >= 0.6 is 11.8 Å². The molecule has 0 amide bonds. The molecule has 1 aliphatic heterocycles.